The zero-order chi connectivity index (χ0) is 12.0. The lowest BCUT2D eigenvalue weighted by Crippen LogP contribution is -2.12. The standard InChI is InChI=1S/C15H20O/c1-4-15(3,10-11-16)12-13(2)14-8-6-5-7-9-14/h5-9,11-12H,4,10H2,1-3H3/b13-12-/t15-/m0/s1. The molecule has 1 aromatic rings. The first-order valence-corrected chi connectivity index (χ1v) is 5.80. The Morgan fingerprint density at radius 2 is 1.94 bits per heavy atom. The number of allylic oxidation sites excluding steroid dienone is 2. The summed E-state index contributed by atoms with van der Waals surface area (Å²) in [4.78, 5) is 10.7. The molecule has 0 fully saturated rings. The molecule has 0 aliphatic rings. The minimum absolute atomic E-state index is 0.0122. The van der Waals surface area contributed by atoms with Gasteiger partial charge in [-0.1, -0.05) is 50.3 Å². The topological polar surface area (TPSA) is 17.1 Å². The van der Waals surface area contributed by atoms with E-state index in [9.17, 15) is 4.79 Å². The van der Waals surface area contributed by atoms with Crippen LogP contribution in [0.15, 0.2) is 36.4 Å². The van der Waals surface area contributed by atoms with E-state index >= 15 is 0 Å². The summed E-state index contributed by atoms with van der Waals surface area (Å²) in [5.41, 5.74) is 2.46. The van der Waals surface area contributed by atoms with Crippen LogP contribution in [0.25, 0.3) is 5.57 Å². The normalized spacial score (nSPS) is 15.6. The number of benzene rings is 1. The average Bonchev–Trinajstić information content (AvgIpc) is 2.30. The minimum Gasteiger partial charge on any atom is -0.303 e. The SMILES string of the molecule is CC[C@](C)(/C=C(/C)c1ccccc1)CC=O. The number of hydrogen-bond acceptors (Lipinski definition) is 1. The third-order valence-corrected chi connectivity index (χ3v) is 3.15. The number of hydrogen-bond donors (Lipinski definition) is 0. The van der Waals surface area contributed by atoms with E-state index < -0.39 is 0 Å². The smallest absolute Gasteiger partial charge is 0.120 e. The zero-order valence-corrected chi connectivity index (χ0v) is 10.4. The molecule has 1 heteroatoms. The van der Waals surface area contributed by atoms with E-state index in [1.54, 1.807) is 0 Å². The van der Waals surface area contributed by atoms with Crippen molar-refractivity contribution >= 4 is 11.9 Å². The van der Waals surface area contributed by atoms with Crippen LogP contribution in [0.3, 0.4) is 0 Å². The molecule has 1 rings (SSSR count). The maximum Gasteiger partial charge on any atom is 0.120 e. The van der Waals surface area contributed by atoms with Crippen molar-refractivity contribution in [1.29, 1.82) is 0 Å². The molecule has 1 atom stereocenters. The van der Waals surface area contributed by atoms with Crippen molar-refractivity contribution < 1.29 is 4.79 Å². The molecule has 86 valence electrons. The van der Waals surface area contributed by atoms with E-state index in [1.165, 1.54) is 11.1 Å². The number of carbonyl (C=O) groups is 1. The van der Waals surface area contributed by atoms with E-state index in [1.807, 2.05) is 18.2 Å². The Bertz CT molecular complexity index is 364. The lowest BCUT2D eigenvalue weighted by molar-refractivity contribution is -0.109. The van der Waals surface area contributed by atoms with Crippen molar-refractivity contribution in [2.75, 3.05) is 0 Å². The highest BCUT2D eigenvalue weighted by Gasteiger charge is 2.18. The Morgan fingerprint density at radius 1 is 1.31 bits per heavy atom. The number of rotatable bonds is 5. The summed E-state index contributed by atoms with van der Waals surface area (Å²) in [6, 6.07) is 10.3. The van der Waals surface area contributed by atoms with E-state index in [4.69, 9.17) is 0 Å². The van der Waals surface area contributed by atoms with Crippen LogP contribution in [0.1, 0.15) is 39.2 Å². The molecule has 0 unspecified atom stereocenters. The molecule has 0 aliphatic heterocycles. The van der Waals surface area contributed by atoms with Gasteiger partial charge in [0.25, 0.3) is 0 Å². The first-order valence-electron chi connectivity index (χ1n) is 5.80. The van der Waals surface area contributed by atoms with Gasteiger partial charge in [0, 0.05) is 6.42 Å². The number of aldehydes is 1. The number of carbonyl (C=O) groups excluding carboxylic acids is 1. The fourth-order valence-corrected chi connectivity index (χ4v) is 1.80. The molecule has 0 saturated heterocycles. The summed E-state index contributed by atoms with van der Waals surface area (Å²) < 4.78 is 0. The Kier molecular flexibility index (Phi) is 4.48. The Labute approximate surface area is 98.2 Å². The van der Waals surface area contributed by atoms with Gasteiger partial charge in [0.05, 0.1) is 0 Å². The van der Waals surface area contributed by atoms with Crippen molar-refractivity contribution in [3.8, 4) is 0 Å². The zero-order valence-electron chi connectivity index (χ0n) is 10.4. The highest BCUT2D eigenvalue weighted by molar-refractivity contribution is 5.65. The molecule has 1 aromatic carbocycles. The summed E-state index contributed by atoms with van der Waals surface area (Å²) in [5, 5.41) is 0. The summed E-state index contributed by atoms with van der Waals surface area (Å²) in [6.07, 6.45) is 4.80. The largest absolute Gasteiger partial charge is 0.303 e. The van der Waals surface area contributed by atoms with E-state index in [2.05, 4.69) is 39.0 Å². The van der Waals surface area contributed by atoms with Gasteiger partial charge < -0.3 is 4.79 Å². The highest BCUT2D eigenvalue weighted by atomic mass is 16.1. The fraction of sp³-hybridized carbons (Fsp3) is 0.400. The predicted octanol–water partition coefficient (Wildman–Crippen LogP) is 4.10. The van der Waals surface area contributed by atoms with Crippen molar-refractivity contribution in [2.24, 2.45) is 5.41 Å². The van der Waals surface area contributed by atoms with Gasteiger partial charge >= 0.3 is 0 Å². The van der Waals surface area contributed by atoms with Gasteiger partial charge in [0.2, 0.25) is 0 Å². The summed E-state index contributed by atoms with van der Waals surface area (Å²) >= 11 is 0. The Hall–Kier alpha value is -1.37. The van der Waals surface area contributed by atoms with Crippen LogP contribution in [0.2, 0.25) is 0 Å². The molecule has 1 nitrogen and oxygen atoms in total. The van der Waals surface area contributed by atoms with Gasteiger partial charge in [-0.15, -0.1) is 0 Å². The lowest BCUT2D eigenvalue weighted by atomic mass is 9.82. The van der Waals surface area contributed by atoms with Crippen molar-refractivity contribution in [1.82, 2.24) is 0 Å². The predicted molar refractivity (Wildman–Crippen MR) is 69.2 cm³/mol. The highest BCUT2D eigenvalue weighted by Crippen LogP contribution is 2.30. The lowest BCUT2D eigenvalue weighted by Gasteiger charge is -2.22. The molecule has 0 N–H and O–H groups in total. The van der Waals surface area contributed by atoms with Crippen LogP contribution in [-0.2, 0) is 4.79 Å². The van der Waals surface area contributed by atoms with Gasteiger partial charge in [0.15, 0.2) is 0 Å². The second kappa shape index (κ2) is 5.64. The molecule has 0 saturated carbocycles. The van der Waals surface area contributed by atoms with Crippen LogP contribution in [0, 0.1) is 5.41 Å². The summed E-state index contributed by atoms with van der Waals surface area (Å²) in [6.45, 7) is 6.36. The minimum atomic E-state index is -0.0122. The maximum absolute atomic E-state index is 10.7. The van der Waals surface area contributed by atoms with Crippen LogP contribution in [0.5, 0.6) is 0 Å². The van der Waals surface area contributed by atoms with E-state index in [0.717, 1.165) is 12.7 Å². The third kappa shape index (κ3) is 3.34. The average molecular weight is 216 g/mol. The van der Waals surface area contributed by atoms with Crippen molar-refractivity contribution in [3.63, 3.8) is 0 Å². The first kappa shape index (κ1) is 12.7. The quantitative estimate of drug-likeness (QED) is 0.677. The molecule has 0 heterocycles. The molecule has 0 bridgehead atoms. The van der Waals surface area contributed by atoms with Crippen LogP contribution in [0.4, 0.5) is 0 Å². The summed E-state index contributed by atoms with van der Waals surface area (Å²) in [5.74, 6) is 0. The third-order valence-electron chi connectivity index (χ3n) is 3.15. The molecule has 0 amide bonds. The van der Waals surface area contributed by atoms with Crippen molar-refractivity contribution in [3.05, 3.63) is 42.0 Å². The molecular formula is C15H20O. The van der Waals surface area contributed by atoms with E-state index in [0.29, 0.717) is 6.42 Å². The van der Waals surface area contributed by atoms with Gasteiger partial charge in [-0.25, -0.2) is 0 Å². The Morgan fingerprint density at radius 3 is 2.44 bits per heavy atom. The Balaban J connectivity index is 2.94. The molecule has 0 spiro atoms. The van der Waals surface area contributed by atoms with Crippen molar-refractivity contribution in [2.45, 2.75) is 33.6 Å². The van der Waals surface area contributed by atoms with Gasteiger partial charge in [-0.2, -0.15) is 0 Å². The molecule has 0 aromatic heterocycles. The summed E-state index contributed by atoms with van der Waals surface area (Å²) in [7, 11) is 0. The van der Waals surface area contributed by atoms with Crippen LogP contribution < -0.4 is 0 Å². The maximum atomic E-state index is 10.7. The van der Waals surface area contributed by atoms with Gasteiger partial charge in [0.1, 0.15) is 6.29 Å². The van der Waals surface area contributed by atoms with Gasteiger partial charge in [-0.3, -0.25) is 0 Å². The van der Waals surface area contributed by atoms with Gasteiger partial charge in [-0.05, 0) is 29.9 Å². The van der Waals surface area contributed by atoms with Crippen LogP contribution >= 0.6 is 0 Å². The monoisotopic (exact) mass is 216 g/mol. The van der Waals surface area contributed by atoms with E-state index in [-0.39, 0.29) is 5.41 Å². The molecule has 0 aliphatic carbocycles. The molecule has 16 heavy (non-hydrogen) atoms. The molecular weight excluding hydrogens is 196 g/mol. The molecule has 0 radical (unpaired) electrons. The fourth-order valence-electron chi connectivity index (χ4n) is 1.80. The first-order chi connectivity index (χ1) is 7.61. The second-order valence-corrected chi connectivity index (χ2v) is 4.57. The second-order valence-electron chi connectivity index (χ2n) is 4.57. The van der Waals surface area contributed by atoms with Crippen LogP contribution in [-0.4, -0.2) is 6.29 Å².